The van der Waals surface area contributed by atoms with Gasteiger partial charge in [-0.25, -0.2) is 9.59 Å². The fourth-order valence-electron chi connectivity index (χ4n) is 2.06. The molecule has 4 nitrogen and oxygen atoms in total. The van der Waals surface area contributed by atoms with Gasteiger partial charge in [0.1, 0.15) is 13.2 Å². The maximum atomic E-state index is 11.6. The molecule has 0 amide bonds. The zero-order chi connectivity index (χ0) is 19.2. The Kier molecular flexibility index (Phi) is 9.53. The van der Waals surface area contributed by atoms with Crippen molar-refractivity contribution in [2.24, 2.45) is 0 Å². The first-order valence-corrected chi connectivity index (χ1v) is 9.77. The Labute approximate surface area is 163 Å². The Morgan fingerprint density at radius 1 is 0.704 bits per heavy atom. The summed E-state index contributed by atoms with van der Waals surface area (Å²) >= 11 is 1.56. The quantitative estimate of drug-likeness (QED) is 0.350. The minimum Gasteiger partial charge on any atom is -0.462 e. The molecule has 0 fully saturated rings. The summed E-state index contributed by atoms with van der Waals surface area (Å²) < 4.78 is 10.2. The zero-order valence-corrected chi connectivity index (χ0v) is 15.8. The summed E-state index contributed by atoms with van der Waals surface area (Å²) in [5.41, 5.74) is 1.90. The normalized spacial score (nSPS) is 11.0. The van der Waals surface area contributed by atoms with E-state index < -0.39 is 0 Å². The maximum absolute atomic E-state index is 11.6. The number of carbonyl (C=O) groups is 2. The van der Waals surface area contributed by atoms with Gasteiger partial charge < -0.3 is 9.47 Å². The minimum atomic E-state index is -0.364. The van der Waals surface area contributed by atoms with Crippen LogP contribution in [0.15, 0.2) is 72.8 Å². The Bertz CT molecular complexity index is 689. The maximum Gasteiger partial charge on any atom is 0.330 e. The molecular formula is C22H22O4S. The summed E-state index contributed by atoms with van der Waals surface area (Å²) in [6.45, 7) is 0.648. The summed E-state index contributed by atoms with van der Waals surface area (Å²) in [6.07, 6.45) is 6.28. The van der Waals surface area contributed by atoms with Crippen molar-refractivity contribution in [3.8, 4) is 0 Å². The van der Waals surface area contributed by atoms with Crippen molar-refractivity contribution < 1.29 is 19.1 Å². The summed E-state index contributed by atoms with van der Waals surface area (Å²) in [4.78, 5) is 23.2. The average Bonchev–Trinajstić information content (AvgIpc) is 2.71. The number of benzene rings is 2. The predicted molar refractivity (Wildman–Crippen MR) is 110 cm³/mol. The highest BCUT2D eigenvalue weighted by Gasteiger charge is 1.99. The van der Waals surface area contributed by atoms with Crippen molar-refractivity contribution in [1.82, 2.24) is 0 Å². The van der Waals surface area contributed by atoms with Crippen LogP contribution in [0.5, 0.6) is 0 Å². The van der Waals surface area contributed by atoms with Crippen LogP contribution in [0.4, 0.5) is 0 Å². The molecule has 0 spiro atoms. The molecule has 0 N–H and O–H groups in total. The molecule has 0 atom stereocenters. The number of thioether (sulfide) groups is 1. The van der Waals surface area contributed by atoms with Crippen molar-refractivity contribution in [2.75, 3.05) is 24.7 Å². The highest BCUT2D eigenvalue weighted by molar-refractivity contribution is 7.99. The molecule has 27 heavy (non-hydrogen) atoms. The van der Waals surface area contributed by atoms with E-state index >= 15 is 0 Å². The van der Waals surface area contributed by atoms with E-state index in [1.54, 1.807) is 23.9 Å². The van der Waals surface area contributed by atoms with Crippen LogP contribution >= 0.6 is 11.8 Å². The van der Waals surface area contributed by atoms with E-state index in [-0.39, 0.29) is 11.9 Å². The van der Waals surface area contributed by atoms with E-state index in [9.17, 15) is 9.59 Å². The second-order valence-electron chi connectivity index (χ2n) is 5.44. The van der Waals surface area contributed by atoms with Crippen LogP contribution in [0.2, 0.25) is 0 Å². The van der Waals surface area contributed by atoms with Gasteiger partial charge in [0.2, 0.25) is 0 Å². The summed E-state index contributed by atoms with van der Waals surface area (Å²) in [5.74, 6) is 0.582. The van der Waals surface area contributed by atoms with E-state index in [0.717, 1.165) is 11.1 Å². The lowest BCUT2D eigenvalue weighted by Gasteiger charge is -2.03. The Hall–Kier alpha value is -2.79. The van der Waals surface area contributed by atoms with Gasteiger partial charge in [0.05, 0.1) is 0 Å². The van der Waals surface area contributed by atoms with Gasteiger partial charge >= 0.3 is 11.9 Å². The molecule has 0 aliphatic carbocycles. The molecule has 0 unspecified atom stereocenters. The SMILES string of the molecule is O=C(C=Cc1ccccc1)OCCSCCOC(=O)C=Cc1ccccc1. The molecule has 2 rings (SSSR count). The third-order valence-corrected chi connectivity index (χ3v) is 4.28. The van der Waals surface area contributed by atoms with E-state index in [2.05, 4.69) is 0 Å². The molecule has 0 aliphatic heterocycles. The topological polar surface area (TPSA) is 52.6 Å². The second kappa shape index (κ2) is 12.5. The van der Waals surface area contributed by atoms with Crippen LogP contribution in [-0.2, 0) is 19.1 Å². The Morgan fingerprint density at radius 3 is 1.52 bits per heavy atom. The van der Waals surface area contributed by atoms with Crippen LogP contribution in [0.25, 0.3) is 12.2 Å². The molecule has 0 heterocycles. The molecule has 0 saturated carbocycles. The third kappa shape index (κ3) is 9.47. The first-order valence-electron chi connectivity index (χ1n) is 8.61. The van der Waals surface area contributed by atoms with Gasteiger partial charge in [-0.1, -0.05) is 60.7 Å². The van der Waals surface area contributed by atoms with Gasteiger partial charge in [0, 0.05) is 23.7 Å². The van der Waals surface area contributed by atoms with Crippen molar-refractivity contribution in [3.63, 3.8) is 0 Å². The Morgan fingerprint density at radius 2 is 1.11 bits per heavy atom. The fraction of sp³-hybridized carbons (Fsp3) is 0.182. The van der Waals surface area contributed by atoms with Gasteiger partial charge in [-0.05, 0) is 23.3 Å². The van der Waals surface area contributed by atoms with Crippen LogP contribution in [0.3, 0.4) is 0 Å². The van der Waals surface area contributed by atoms with Crippen molar-refractivity contribution in [1.29, 1.82) is 0 Å². The van der Waals surface area contributed by atoms with Gasteiger partial charge in [-0.2, -0.15) is 11.8 Å². The summed E-state index contributed by atoms with van der Waals surface area (Å²) in [5, 5.41) is 0. The van der Waals surface area contributed by atoms with Gasteiger partial charge in [0.15, 0.2) is 0 Å². The van der Waals surface area contributed by atoms with E-state index in [1.807, 2.05) is 60.7 Å². The van der Waals surface area contributed by atoms with Crippen LogP contribution in [0, 0.1) is 0 Å². The monoisotopic (exact) mass is 382 g/mol. The standard InChI is InChI=1S/C22H22O4S/c23-21(13-11-19-7-3-1-4-8-19)25-15-17-27-18-16-26-22(24)14-12-20-9-5-2-6-10-20/h1-14H,15-18H2. The van der Waals surface area contributed by atoms with Gasteiger partial charge in [-0.3, -0.25) is 0 Å². The molecular weight excluding hydrogens is 360 g/mol. The molecule has 2 aromatic carbocycles. The molecule has 0 bridgehead atoms. The number of esters is 2. The molecule has 0 radical (unpaired) electrons. The molecule has 140 valence electrons. The lowest BCUT2D eigenvalue weighted by Crippen LogP contribution is -2.07. The van der Waals surface area contributed by atoms with Crippen LogP contribution in [-0.4, -0.2) is 36.7 Å². The van der Waals surface area contributed by atoms with Crippen molar-refractivity contribution >= 4 is 35.9 Å². The largest absolute Gasteiger partial charge is 0.462 e. The lowest BCUT2D eigenvalue weighted by atomic mass is 10.2. The van der Waals surface area contributed by atoms with Crippen molar-refractivity contribution in [2.45, 2.75) is 0 Å². The third-order valence-electron chi connectivity index (χ3n) is 3.37. The fourth-order valence-corrected chi connectivity index (χ4v) is 2.66. The molecule has 0 aliphatic rings. The lowest BCUT2D eigenvalue weighted by molar-refractivity contribution is -0.137. The molecule has 0 aromatic heterocycles. The average molecular weight is 382 g/mol. The predicted octanol–water partition coefficient (Wildman–Crippen LogP) is 4.23. The number of ether oxygens (including phenoxy) is 2. The van der Waals surface area contributed by atoms with E-state index in [4.69, 9.17) is 9.47 Å². The highest BCUT2D eigenvalue weighted by Crippen LogP contribution is 2.04. The van der Waals surface area contributed by atoms with Crippen molar-refractivity contribution in [3.05, 3.63) is 83.9 Å². The number of hydrogen-bond acceptors (Lipinski definition) is 5. The number of hydrogen-bond donors (Lipinski definition) is 0. The second-order valence-corrected chi connectivity index (χ2v) is 6.66. The zero-order valence-electron chi connectivity index (χ0n) is 15.0. The van der Waals surface area contributed by atoms with Gasteiger partial charge in [-0.15, -0.1) is 0 Å². The molecule has 2 aromatic rings. The molecule has 5 heteroatoms. The first kappa shape index (κ1) is 20.5. The van der Waals surface area contributed by atoms with E-state index in [1.165, 1.54) is 12.2 Å². The highest BCUT2D eigenvalue weighted by atomic mass is 32.2. The van der Waals surface area contributed by atoms with Crippen LogP contribution < -0.4 is 0 Å². The summed E-state index contributed by atoms with van der Waals surface area (Å²) in [6, 6.07) is 19.1. The van der Waals surface area contributed by atoms with Crippen LogP contribution in [0.1, 0.15) is 11.1 Å². The summed E-state index contributed by atoms with van der Waals surface area (Å²) in [7, 11) is 0. The van der Waals surface area contributed by atoms with Gasteiger partial charge in [0.25, 0.3) is 0 Å². The van der Waals surface area contributed by atoms with E-state index in [0.29, 0.717) is 24.7 Å². The molecule has 0 saturated heterocycles. The smallest absolute Gasteiger partial charge is 0.330 e. The number of carbonyl (C=O) groups excluding carboxylic acids is 2. The number of rotatable bonds is 10. The Balaban J connectivity index is 1.49. The first-order chi connectivity index (χ1) is 13.2. The minimum absolute atomic E-state index is 0.324.